The number of hydrogen-bond acceptors (Lipinski definition) is 1. The number of para-hydroxylation sites is 1. The van der Waals surface area contributed by atoms with Crippen molar-refractivity contribution in [3.05, 3.63) is 271 Å². The van der Waals surface area contributed by atoms with Crippen molar-refractivity contribution in [2.75, 3.05) is 4.90 Å². The Balaban J connectivity index is 1.15. The van der Waals surface area contributed by atoms with Crippen LogP contribution in [-0.4, -0.2) is 0 Å². The van der Waals surface area contributed by atoms with E-state index in [-0.39, 0.29) is 0 Å². The molecule has 11 rings (SSSR count). The smallest absolute Gasteiger partial charge is 0.0714 e. The topological polar surface area (TPSA) is 3.24 Å². The number of anilines is 3. The molecule has 0 aromatic heterocycles. The Morgan fingerprint density at radius 2 is 0.800 bits per heavy atom. The highest BCUT2D eigenvalue weighted by Gasteiger charge is 2.46. The predicted molar refractivity (Wildman–Crippen MR) is 252 cm³/mol. The van der Waals surface area contributed by atoms with Crippen LogP contribution in [0.15, 0.2) is 249 Å². The van der Waals surface area contributed by atoms with E-state index in [1.807, 2.05) is 0 Å². The second kappa shape index (κ2) is 14.9. The first-order chi connectivity index (χ1) is 29.8. The van der Waals surface area contributed by atoms with Crippen molar-refractivity contribution in [1.82, 2.24) is 0 Å². The number of benzene rings is 10. The summed E-state index contributed by atoms with van der Waals surface area (Å²) in [6.45, 7) is 0. The van der Waals surface area contributed by atoms with Gasteiger partial charge in [0.1, 0.15) is 0 Å². The predicted octanol–water partition coefficient (Wildman–Crippen LogP) is 15.7. The fraction of sp³-hybridized carbons (Fsp3) is 0.0169. The molecular formula is C59H41N. The normalized spacial score (nSPS) is 12.5. The zero-order valence-corrected chi connectivity index (χ0v) is 33.1. The van der Waals surface area contributed by atoms with Gasteiger partial charge in [0, 0.05) is 16.9 Å². The molecule has 10 aromatic rings. The van der Waals surface area contributed by atoms with Gasteiger partial charge in [-0.3, -0.25) is 0 Å². The molecule has 0 radical (unpaired) electrons. The van der Waals surface area contributed by atoms with Crippen LogP contribution >= 0.6 is 0 Å². The molecule has 0 aliphatic heterocycles. The quantitative estimate of drug-likeness (QED) is 0.149. The van der Waals surface area contributed by atoms with E-state index in [0.29, 0.717) is 0 Å². The summed E-state index contributed by atoms with van der Waals surface area (Å²) in [7, 11) is 0. The van der Waals surface area contributed by atoms with Crippen LogP contribution in [0.25, 0.3) is 55.3 Å². The average Bonchev–Trinajstić information content (AvgIpc) is 3.63. The SMILES string of the molecule is c1ccc(-c2ccc(-c3ccccc3N(c3cccc(-c4cccc5ccccc45)c3)c3ccc4c(c3)C(c3ccccc3)(c3ccccc3)c3ccccc3-4)cc2)cc1. The molecule has 1 aliphatic carbocycles. The van der Waals surface area contributed by atoms with Gasteiger partial charge in [0.15, 0.2) is 0 Å². The number of hydrogen-bond donors (Lipinski definition) is 0. The van der Waals surface area contributed by atoms with Crippen molar-refractivity contribution < 1.29 is 0 Å². The lowest BCUT2D eigenvalue weighted by Crippen LogP contribution is -2.28. The number of fused-ring (bicyclic) bond motifs is 4. The molecule has 0 saturated carbocycles. The Hall–Kier alpha value is -7.74. The molecule has 1 nitrogen and oxygen atoms in total. The first-order valence-corrected chi connectivity index (χ1v) is 20.8. The van der Waals surface area contributed by atoms with Gasteiger partial charge >= 0.3 is 0 Å². The van der Waals surface area contributed by atoms with Crippen LogP contribution < -0.4 is 4.90 Å². The zero-order chi connectivity index (χ0) is 39.9. The van der Waals surface area contributed by atoms with Crippen LogP contribution in [-0.2, 0) is 5.41 Å². The lowest BCUT2D eigenvalue weighted by atomic mass is 9.67. The Morgan fingerprint density at radius 3 is 1.57 bits per heavy atom. The molecule has 282 valence electrons. The van der Waals surface area contributed by atoms with Crippen LogP contribution in [0.2, 0.25) is 0 Å². The van der Waals surface area contributed by atoms with E-state index in [9.17, 15) is 0 Å². The molecule has 10 aromatic carbocycles. The summed E-state index contributed by atoms with van der Waals surface area (Å²) >= 11 is 0. The van der Waals surface area contributed by atoms with Crippen molar-refractivity contribution in [1.29, 1.82) is 0 Å². The Labute approximate surface area is 352 Å². The Bertz CT molecular complexity index is 3090. The van der Waals surface area contributed by atoms with Crippen molar-refractivity contribution in [3.63, 3.8) is 0 Å². The first-order valence-electron chi connectivity index (χ1n) is 20.8. The lowest BCUT2D eigenvalue weighted by molar-refractivity contribution is 0.768. The first kappa shape index (κ1) is 35.4. The van der Waals surface area contributed by atoms with E-state index in [0.717, 1.165) is 28.2 Å². The maximum Gasteiger partial charge on any atom is 0.0714 e. The van der Waals surface area contributed by atoms with Crippen molar-refractivity contribution in [2.24, 2.45) is 0 Å². The fourth-order valence-corrected chi connectivity index (χ4v) is 9.67. The fourth-order valence-electron chi connectivity index (χ4n) is 9.67. The van der Waals surface area contributed by atoms with Crippen molar-refractivity contribution in [3.8, 4) is 44.5 Å². The summed E-state index contributed by atoms with van der Waals surface area (Å²) in [6, 6.07) is 91.1. The average molecular weight is 764 g/mol. The third-order valence-corrected chi connectivity index (χ3v) is 12.4. The van der Waals surface area contributed by atoms with Gasteiger partial charge in [0.05, 0.1) is 11.1 Å². The molecule has 1 aliphatic rings. The second-order valence-electron chi connectivity index (χ2n) is 15.6. The van der Waals surface area contributed by atoms with Gasteiger partial charge in [-0.2, -0.15) is 0 Å². The summed E-state index contributed by atoms with van der Waals surface area (Å²) in [4.78, 5) is 2.47. The van der Waals surface area contributed by atoms with E-state index < -0.39 is 5.41 Å². The molecule has 0 fully saturated rings. The zero-order valence-electron chi connectivity index (χ0n) is 33.1. The maximum atomic E-state index is 2.47. The highest BCUT2D eigenvalue weighted by Crippen LogP contribution is 2.57. The molecule has 0 amide bonds. The number of nitrogens with zero attached hydrogens (tertiary/aromatic N) is 1. The van der Waals surface area contributed by atoms with E-state index in [1.165, 1.54) is 66.4 Å². The van der Waals surface area contributed by atoms with Gasteiger partial charge in [-0.25, -0.2) is 0 Å². The van der Waals surface area contributed by atoms with Gasteiger partial charge in [-0.15, -0.1) is 0 Å². The third-order valence-electron chi connectivity index (χ3n) is 12.4. The van der Waals surface area contributed by atoms with E-state index in [1.54, 1.807) is 0 Å². The van der Waals surface area contributed by atoms with Crippen molar-refractivity contribution >= 4 is 27.8 Å². The van der Waals surface area contributed by atoms with Gasteiger partial charge in [-0.05, 0) is 102 Å². The highest BCUT2D eigenvalue weighted by atomic mass is 15.1. The van der Waals surface area contributed by atoms with Crippen LogP contribution in [0.5, 0.6) is 0 Å². The monoisotopic (exact) mass is 763 g/mol. The minimum Gasteiger partial charge on any atom is -0.310 e. The molecule has 0 unspecified atom stereocenters. The van der Waals surface area contributed by atoms with Crippen LogP contribution in [0, 0.1) is 0 Å². The Kier molecular flexibility index (Phi) is 8.79. The maximum absolute atomic E-state index is 2.47. The standard InChI is InChI=1S/C59H41N/c1-4-18-42(19-5-1)43-34-36-45(37-35-43)53-29-13-15-33-58(53)60(49-27-16-22-46(40-49)52-31-17-21-44-20-10-11-28-51(44)52)50-38-39-55-54-30-12-14-32-56(54)59(57(55)41-50,47-23-6-2-7-24-47)48-25-8-3-9-26-48/h1-41H. The Morgan fingerprint density at radius 1 is 0.283 bits per heavy atom. The highest BCUT2D eigenvalue weighted by molar-refractivity contribution is 5.98. The molecule has 0 N–H and O–H groups in total. The van der Waals surface area contributed by atoms with Gasteiger partial charge in [0.2, 0.25) is 0 Å². The van der Waals surface area contributed by atoms with Crippen LogP contribution in [0.3, 0.4) is 0 Å². The molecule has 0 saturated heterocycles. The number of rotatable bonds is 8. The van der Waals surface area contributed by atoms with Gasteiger partial charge in [0.25, 0.3) is 0 Å². The summed E-state index contributed by atoms with van der Waals surface area (Å²) in [5, 5.41) is 2.48. The largest absolute Gasteiger partial charge is 0.310 e. The molecular weight excluding hydrogens is 723 g/mol. The van der Waals surface area contributed by atoms with E-state index in [4.69, 9.17) is 0 Å². The van der Waals surface area contributed by atoms with E-state index in [2.05, 4.69) is 254 Å². The van der Waals surface area contributed by atoms with Crippen LogP contribution in [0.1, 0.15) is 22.3 Å². The minimum atomic E-state index is -0.520. The molecule has 0 bridgehead atoms. The molecule has 60 heavy (non-hydrogen) atoms. The summed E-state index contributed by atoms with van der Waals surface area (Å²) in [5.41, 5.74) is 17.5. The molecule has 0 heterocycles. The summed E-state index contributed by atoms with van der Waals surface area (Å²) in [5.74, 6) is 0. The van der Waals surface area contributed by atoms with Gasteiger partial charge < -0.3 is 4.90 Å². The van der Waals surface area contributed by atoms with Gasteiger partial charge in [-0.1, -0.05) is 218 Å². The third kappa shape index (κ3) is 5.86. The summed E-state index contributed by atoms with van der Waals surface area (Å²) in [6.07, 6.45) is 0. The van der Waals surface area contributed by atoms with Crippen molar-refractivity contribution in [2.45, 2.75) is 5.41 Å². The molecule has 0 spiro atoms. The molecule has 0 atom stereocenters. The second-order valence-corrected chi connectivity index (χ2v) is 15.6. The lowest BCUT2D eigenvalue weighted by Gasteiger charge is -2.35. The van der Waals surface area contributed by atoms with Crippen LogP contribution in [0.4, 0.5) is 17.1 Å². The van der Waals surface area contributed by atoms with E-state index >= 15 is 0 Å². The minimum absolute atomic E-state index is 0.520. The summed E-state index contributed by atoms with van der Waals surface area (Å²) < 4.78 is 0. The molecule has 1 heteroatoms.